The van der Waals surface area contributed by atoms with Crippen LogP contribution in [0.2, 0.25) is 0 Å². The number of hydrogen-bond acceptors (Lipinski definition) is 3. The number of halogens is 1. The Kier molecular flexibility index (Phi) is 6.49. The fourth-order valence-electron chi connectivity index (χ4n) is 3.39. The zero-order chi connectivity index (χ0) is 18.7. The second-order valence-electron chi connectivity index (χ2n) is 7.34. The first-order valence-electron chi connectivity index (χ1n) is 9.18. The lowest BCUT2D eigenvalue weighted by Gasteiger charge is -2.42. The quantitative estimate of drug-likeness (QED) is 0.624. The van der Waals surface area contributed by atoms with Gasteiger partial charge < -0.3 is 4.74 Å². The molecule has 0 aromatic heterocycles. The van der Waals surface area contributed by atoms with Crippen molar-refractivity contribution in [2.45, 2.75) is 71.4 Å². The van der Waals surface area contributed by atoms with Crippen molar-refractivity contribution >= 4 is 10.0 Å². The fourth-order valence-corrected chi connectivity index (χ4v) is 4.71. The highest BCUT2D eigenvalue weighted by Gasteiger charge is 2.40. The first-order chi connectivity index (χ1) is 11.7. The van der Waals surface area contributed by atoms with Gasteiger partial charge in [-0.15, -0.1) is 0 Å². The lowest BCUT2D eigenvalue weighted by Crippen LogP contribution is -2.44. The summed E-state index contributed by atoms with van der Waals surface area (Å²) in [7, 11) is -3.40. The number of sulfonamides is 1. The Morgan fingerprint density at radius 1 is 1.24 bits per heavy atom. The molecule has 142 valence electrons. The lowest BCUT2D eigenvalue weighted by molar-refractivity contribution is 0.0497. The third-order valence-corrected chi connectivity index (χ3v) is 6.59. The van der Waals surface area contributed by atoms with E-state index in [1.165, 1.54) is 12.1 Å². The minimum atomic E-state index is -3.40. The molecule has 1 aromatic carbocycles. The van der Waals surface area contributed by atoms with Crippen molar-refractivity contribution in [3.8, 4) is 5.75 Å². The van der Waals surface area contributed by atoms with E-state index in [1.54, 1.807) is 17.3 Å². The summed E-state index contributed by atoms with van der Waals surface area (Å²) >= 11 is 0. The van der Waals surface area contributed by atoms with Gasteiger partial charge in [-0.3, -0.25) is 0 Å². The average molecular weight is 372 g/mol. The van der Waals surface area contributed by atoms with Gasteiger partial charge in [-0.2, -0.15) is 4.31 Å². The highest BCUT2D eigenvalue weighted by Crippen LogP contribution is 2.43. The molecule has 6 heteroatoms. The maximum absolute atomic E-state index is 13.8. The standard InChI is InChI=1S/C19H30FNO3S/c1-5-7-8-9-12-21(25(22,23)6-2)17-14-19(3,4)24-18-11-10-15(20)13-16(17)18/h10-11,13,17H,5-9,12,14H2,1-4H3. The molecule has 0 spiro atoms. The Morgan fingerprint density at radius 3 is 2.60 bits per heavy atom. The molecule has 1 aliphatic heterocycles. The summed E-state index contributed by atoms with van der Waals surface area (Å²) in [4.78, 5) is 0. The maximum Gasteiger partial charge on any atom is 0.214 e. The minimum absolute atomic E-state index is 0.0449. The molecule has 1 unspecified atom stereocenters. The van der Waals surface area contributed by atoms with Gasteiger partial charge in [0.15, 0.2) is 0 Å². The van der Waals surface area contributed by atoms with Crippen LogP contribution in [-0.2, 0) is 10.0 Å². The SMILES string of the molecule is CCCCCCN(C1CC(C)(C)Oc2ccc(F)cc21)S(=O)(=O)CC. The zero-order valence-corrected chi connectivity index (χ0v) is 16.5. The number of benzene rings is 1. The Labute approximate surface area is 151 Å². The number of fused-ring (bicyclic) bond motifs is 1. The van der Waals surface area contributed by atoms with Crippen LogP contribution in [0.25, 0.3) is 0 Å². The predicted octanol–water partition coefficient (Wildman–Crippen LogP) is 4.66. The minimum Gasteiger partial charge on any atom is -0.487 e. The Balaban J connectivity index is 2.39. The largest absolute Gasteiger partial charge is 0.487 e. The van der Waals surface area contributed by atoms with Crippen molar-refractivity contribution < 1.29 is 17.5 Å². The highest BCUT2D eigenvalue weighted by atomic mass is 32.2. The van der Waals surface area contributed by atoms with Crippen LogP contribution < -0.4 is 4.74 Å². The first-order valence-corrected chi connectivity index (χ1v) is 10.8. The van der Waals surface area contributed by atoms with Gasteiger partial charge in [-0.1, -0.05) is 26.2 Å². The van der Waals surface area contributed by atoms with Crippen molar-refractivity contribution in [1.82, 2.24) is 4.31 Å². The monoisotopic (exact) mass is 371 g/mol. The third-order valence-electron chi connectivity index (χ3n) is 4.70. The summed E-state index contributed by atoms with van der Waals surface area (Å²) < 4.78 is 46.9. The molecule has 0 saturated heterocycles. The van der Waals surface area contributed by atoms with Crippen LogP contribution >= 0.6 is 0 Å². The van der Waals surface area contributed by atoms with Crippen LogP contribution in [0.15, 0.2) is 18.2 Å². The molecule has 25 heavy (non-hydrogen) atoms. The Bertz CT molecular complexity index is 688. The zero-order valence-electron chi connectivity index (χ0n) is 15.7. The van der Waals surface area contributed by atoms with Crippen LogP contribution in [0.5, 0.6) is 5.75 Å². The number of ether oxygens (including phenoxy) is 1. The molecule has 0 radical (unpaired) electrons. The molecular weight excluding hydrogens is 341 g/mol. The molecule has 0 saturated carbocycles. The fraction of sp³-hybridized carbons (Fsp3) is 0.684. The van der Waals surface area contributed by atoms with Crippen LogP contribution in [0.3, 0.4) is 0 Å². The van der Waals surface area contributed by atoms with Gasteiger partial charge >= 0.3 is 0 Å². The van der Waals surface area contributed by atoms with Crippen LogP contribution in [-0.4, -0.2) is 30.6 Å². The molecule has 1 heterocycles. The number of rotatable bonds is 8. The topological polar surface area (TPSA) is 46.6 Å². The second kappa shape index (κ2) is 8.04. The normalized spacial score (nSPS) is 19.5. The highest BCUT2D eigenvalue weighted by molar-refractivity contribution is 7.89. The molecule has 0 amide bonds. The van der Waals surface area contributed by atoms with E-state index >= 15 is 0 Å². The molecule has 2 rings (SSSR count). The van der Waals surface area contributed by atoms with Crippen molar-refractivity contribution in [2.24, 2.45) is 0 Å². The van der Waals surface area contributed by atoms with E-state index in [0.29, 0.717) is 24.3 Å². The smallest absolute Gasteiger partial charge is 0.214 e. The van der Waals surface area contributed by atoms with Gasteiger partial charge in [0.2, 0.25) is 10.0 Å². The van der Waals surface area contributed by atoms with Gasteiger partial charge in [-0.25, -0.2) is 12.8 Å². The summed E-state index contributed by atoms with van der Waals surface area (Å²) in [6, 6.07) is 3.99. The van der Waals surface area contributed by atoms with Crippen LogP contribution in [0.4, 0.5) is 4.39 Å². The molecule has 4 nitrogen and oxygen atoms in total. The summed E-state index contributed by atoms with van der Waals surface area (Å²) in [5.74, 6) is 0.253. The number of nitrogens with zero attached hydrogens (tertiary/aromatic N) is 1. The van der Waals surface area contributed by atoms with Gasteiger partial charge in [0.05, 0.1) is 11.8 Å². The van der Waals surface area contributed by atoms with E-state index in [4.69, 9.17) is 4.74 Å². The molecule has 1 aromatic rings. The molecule has 1 aliphatic rings. The van der Waals surface area contributed by atoms with Gasteiger partial charge in [-0.05, 0) is 45.4 Å². The number of unbranched alkanes of at least 4 members (excludes halogenated alkanes) is 3. The molecule has 0 aliphatic carbocycles. The summed E-state index contributed by atoms with van der Waals surface area (Å²) in [6.45, 7) is 8.14. The van der Waals surface area contributed by atoms with E-state index in [1.807, 2.05) is 13.8 Å². The maximum atomic E-state index is 13.8. The Hall–Kier alpha value is -1.14. The lowest BCUT2D eigenvalue weighted by atomic mass is 9.89. The first kappa shape index (κ1) is 20.2. The second-order valence-corrected chi connectivity index (χ2v) is 9.55. The van der Waals surface area contributed by atoms with Gasteiger partial charge in [0.25, 0.3) is 0 Å². The summed E-state index contributed by atoms with van der Waals surface area (Å²) in [5, 5.41) is 0. The molecule has 0 fully saturated rings. The van der Waals surface area contributed by atoms with E-state index in [2.05, 4.69) is 6.92 Å². The van der Waals surface area contributed by atoms with Crippen molar-refractivity contribution in [2.75, 3.05) is 12.3 Å². The van der Waals surface area contributed by atoms with E-state index in [0.717, 1.165) is 25.7 Å². The van der Waals surface area contributed by atoms with Crippen molar-refractivity contribution in [3.05, 3.63) is 29.6 Å². The van der Waals surface area contributed by atoms with Crippen LogP contribution in [0.1, 0.15) is 71.4 Å². The van der Waals surface area contributed by atoms with E-state index < -0.39 is 15.6 Å². The van der Waals surface area contributed by atoms with Crippen LogP contribution in [0, 0.1) is 5.82 Å². The summed E-state index contributed by atoms with van der Waals surface area (Å²) in [5.41, 5.74) is 0.132. The average Bonchev–Trinajstić information content (AvgIpc) is 2.54. The summed E-state index contributed by atoms with van der Waals surface area (Å²) in [6.07, 6.45) is 4.50. The van der Waals surface area contributed by atoms with Gasteiger partial charge in [0.1, 0.15) is 17.2 Å². The third kappa shape index (κ3) is 4.94. The molecule has 0 bridgehead atoms. The van der Waals surface area contributed by atoms with Crippen molar-refractivity contribution in [3.63, 3.8) is 0 Å². The molecule has 1 atom stereocenters. The van der Waals surface area contributed by atoms with Crippen molar-refractivity contribution in [1.29, 1.82) is 0 Å². The predicted molar refractivity (Wildman–Crippen MR) is 98.8 cm³/mol. The van der Waals surface area contributed by atoms with E-state index in [9.17, 15) is 12.8 Å². The van der Waals surface area contributed by atoms with Gasteiger partial charge in [0, 0.05) is 18.5 Å². The molecule has 0 N–H and O–H groups in total. The van der Waals surface area contributed by atoms with E-state index in [-0.39, 0.29) is 17.6 Å². The molecular formula is C19H30FNO3S. The number of hydrogen-bond donors (Lipinski definition) is 0. The Morgan fingerprint density at radius 2 is 1.96 bits per heavy atom.